The van der Waals surface area contributed by atoms with Crippen molar-refractivity contribution in [2.45, 2.75) is 13.8 Å². The summed E-state index contributed by atoms with van der Waals surface area (Å²) in [6, 6.07) is 5.23. The molecule has 64 valence electrons. The molecule has 0 amide bonds. The highest BCUT2D eigenvalue weighted by molar-refractivity contribution is 5.22. The van der Waals surface area contributed by atoms with Gasteiger partial charge < -0.3 is 4.74 Å². The zero-order chi connectivity index (χ0) is 9.40. The van der Waals surface area contributed by atoms with Gasteiger partial charge in [-0.3, -0.25) is 0 Å². The van der Waals surface area contributed by atoms with Crippen LogP contribution in [0.4, 0.5) is 4.39 Å². The summed E-state index contributed by atoms with van der Waals surface area (Å²) in [6.07, 6.45) is 1.48. The minimum Gasteiger partial charge on any atom is -0.388 e. The molecule has 0 aliphatic rings. The number of nitrogens with zero attached hydrogens (tertiary/aromatic N) is 1. The molecular formula is C9H10FNO. The summed E-state index contributed by atoms with van der Waals surface area (Å²) in [4.78, 5) is 0. The van der Waals surface area contributed by atoms with Crippen molar-refractivity contribution in [3.63, 3.8) is 0 Å². The first-order chi connectivity index (χ1) is 5.83. The van der Waals surface area contributed by atoms with Crippen LogP contribution in [0.25, 0.3) is 0 Å². The van der Waals surface area contributed by atoms with E-state index >= 15 is 0 Å². The van der Waals surface area contributed by atoms with E-state index in [1.807, 2.05) is 13.8 Å². The second-order valence-electron chi connectivity index (χ2n) is 1.65. The molecule has 2 nitrogen and oxygen atoms in total. The van der Waals surface area contributed by atoms with Crippen LogP contribution in [0.2, 0.25) is 0 Å². The molecule has 0 fully saturated rings. The van der Waals surface area contributed by atoms with Gasteiger partial charge in [-0.05, 0) is 24.3 Å². The number of ether oxygens (including phenoxy) is 1. The van der Waals surface area contributed by atoms with Crippen molar-refractivity contribution in [1.82, 2.24) is 0 Å². The predicted octanol–water partition coefficient (Wildman–Crippen LogP) is 2.71. The van der Waals surface area contributed by atoms with Crippen LogP contribution in [-0.4, -0.2) is 0 Å². The van der Waals surface area contributed by atoms with E-state index in [2.05, 4.69) is 4.74 Å². The van der Waals surface area contributed by atoms with Crippen molar-refractivity contribution in [3.8, 4) is 12.0 Å². The van der Waals surface area contributed by atoms with Crippen molar-refractivity contribution in [3.05, 3.63) is 30.1 Å². The smallest absolute Gasteiger partial charge is 0.292 e. The van der Waals surface area contributed by atoms with E-state index in [0.717, 1.165) is 0 Å². The van der Waals surface area contributed by atoms with Gasteiger partial charge >= 0.3 is 0 Å². The molecular weight excluding hydrogens is 157 g/mol. The summed E-state index contributed by atoms with van der Waals surface area (Å²) in [5, 5.41) is 8.02. The number of halogens is 1. The number of hydrogen-bond acceptors (Lipinski definition) is 2. The fourth-order valence-electron chi connectivity index (χ4n) is 0.555. The third-order valence-corrected chi connectivity index (χ3v) is 0.977. The second kappa shape index (κ2) is 6.17. The van der Waals surface area contributed by atoms with Gasteiger partial charge in [0.1, 0.15) is 11.6 Å². The Labute approximate surface area is 71.2 Å². The number of benzene rings is 1. The molecule has 0 heterocycles. The van der Waals surface area contributed by atoms with Gasteiger partial charge in [-0.2, -0.15) is 0 Å². The summed E-state index contributed by atoms with van der Waals surface area (Å²) in [6.45, 7) is 4.00. The van der Waals surface area contributed by atoms with Gasteiger partial charge in [0.05, 0.1) is 0 Å². The summed E-state index contributed by atoms with van der Waals surface area (Å²) in [5.74, 6) is 0.00851. The maximum atomic E-state index is 12.2. The van der Waals surface area contributed by atoms with E-state index in [0.29, 0.717) is 5.75 Å². The third kappa shape index (κ3) is 3.57. The zero-order valence-corrected chi connectivity index (χ0v) is 7.04. The molecule has 1 aromatic carbocycles. The highest BCUT2D eigenvalue weighted by atomic mass is 19.1. The van der Waals surface area contributed by atoms with E-state index in [1.54, 1.807) is 0 Å². The lowest BCUT2D eigenvalue weighted by molar-refractivity contribution is 0.504. The minimum absolute atomic E-state index is 0.342. The van der Waals surface area contributed by atoms with Gasteiger partial charge in [0.25, 0.3) is 6.26 Å². The first-order valence-electron chi connectivity index (χ1n) is 3.64. The molecule has 0 aliphatic carbocycles. The molecule has 0 saturated carbocycles. The monoisotopic (exact) mass is 167 g/mol. The first kappa shape index (κ1) is 10.4. The molecule has 1 rings (SSSR count). The Morgan fingerprint density at radius 1 is 1.25 bits per heavy atom. The quantitative estimate of drug-likeness (QED) is 0.602. The van der Waals surface area contributed by atoms with Crippen molar-refractivity contribution in [2.75, 3.05) is 0 Å². The molecule has 0 saturated heterocycles. The highest BCUT2D eigenvalue weighted by Crippen LogP contribution is 2.09. The van der Waals surface area contributed by atoms with Crippen LogP contribution in [0.15, 0.2) is 24.3 Å². The maximum absolute atomic E-state index is 12.2. The number of hydrogen-bond donors (Lipinski definition) is 0. The van der Waals surface area contributed by atoms with Crippen molar-refractivity contribution < 1.29 is 9.13 Å². The molecule has 0 radical (unpaired) electrons. The molecule has 12 heavy (non-hydrogen) atoms. The van der Waals surface area contributed by atoms with Crippen molar-refractivity contribution in [2.24, 2.45) is 0 Å². The molecule has 0 N–H and O–H groups in total. The van der Waals surface area contributed by atoms with Gasteiger partial charge in [-0.15, -0.1) is 5.26 Å². The number of nitriles is 1. The lowest BCUT2D eigenvalue weighted by atomic mass is 10.3. The van der Waals surface area contributed by atoms with Gasteiger partial charge in [0, 0.05) is 0 Å². The normalized spacial score (nSPS) is 7.50. The summed E-state index contributed by atoms with van der Waals surface area (Å²) in [5.41, 5.74) is 0. The van der Waals surface area contributed by atoms with Gasteiger partial charge in [0.2, 0.25) is 0 Å². The maximum Gasteiger partial charge on any atom is 0.292 e. The lowest BCUT2D eigenvalue weighted by Gasteiger charge is -1.92. The van der Waals surface area contributed by atoms with Crippen LogP contribution in [0.5, 0.6) is 5.75 Å². The fourth-order valence-corrected chi connectivity index (χ4v) is 0.555. The Kier molecular flexibility index (Phi) is 5.37. The van der Waals surface area contributed by atoms with Gasteiger partial charge in [-0.25, -0.2) is 4.39 Å². The van der Waals surface area contributed by atoms with Gasteiger partial charge in [0.15, 0.2) is 0 Å². The molecule has 0 unspecified atom stereocenters. The molecule has 0 aliphatic heterocycles. The summed E-state index contributed by atoms with van der Waals surface area (Å²) in [7, 11) is 0. The Balaban J connectivity index is 0.000000561. The van der Waals surface area contributed by atoms with Gasteiger partial charge in [-0.1, -0.05) is 13.8 Å². The second-order valence-corrected chi connectivity index (χ2v) is 1.65. The zero-order valence-electron chi connectivity index (χ0n) is 7.04. The SMILES string of the molecule is CC.N#COc1ccc(F)cc1. The Morgan fingerprint density at radius 3 is 2.17 bits per heavy atom. The van der Waals surface area contributed by atoms with E-state index in [4.69, 9.17) is 5.26 Å². The van der Waals surface area contributed by atoms with Crippen LogP contribution < -0.4 is 4.74 Å². The summed E-state index contributed by atoms with van der Waals surface area (Å²) < 4.78 is 16.6. The largest absolute Gasteiger partial charge is 0.388 e. The number of rotatable bonds is 1. The van der Waals surface area contributed by atoms with Crippen molar-refractivity contribution >= 4 is 0 Å². The van der Waals surface area contributed by atoms with Crippen molar-refractivity contribution in [1.29, 1.82) is 5.26 Å². The molecule has 0 bridgehead atoms. The van der Waals surface area contributed by atoms with E-state index in [-0.39, 0.29) is 5.82 Å². The lowest BCUT2D eigenvalue weighted by Crippen LogP contribution is -1.80. The first-order valence-corrected chi connectivity index (χ1v) is 3.64. The van der Waals surface area contributed by atoms with Crippen LogP contribution in [0.3, 0.4) is 0 Å². The molecule has 0 aromatic heterocycles. The highest BCUT2D eigenvalue weighted by Gasteiger charge is 1.91. The fraction of sp³-hybridized carbons (Fsp3) is 0.222. The molecule has 0 spiro atoms. The Morgan fingerprint density at radius 2 is 1.75 bits per heavy atom. The van der Waals surface area contributed by atoms with Crippen LogP contribution in [-0.2, 0) is 0 Å². The average molecular weight is 167 g/mol. The van der Waals surface area contributed by atoms with E-state index < -0.39 is 0 Å². The minimum atomic E-state index is -0.342. The molecule has 0 atom stereocenters. The van der Waals surface area contributed by atoms with E-state index in [9.17, 15) is 4.39 Å². The van der Waals surface area contributed by atoms with Crippen LogP contribution in [0, 0.1) is 17.3 Å². The molecule has 1 aromatic rings. The van der Waals surface area contributed by atoms with Crippen LogP contribution >= 0.6 is 0 Å². The Hall–Kier alpha value is -1.56. The average Bonchev–Trinajstić information content (AvgIpc) is 2.13. The standard InChI is InChI=1S/C7H4FNO.C2H6/c8-6-1-3-7(4-2-6)10-5-9;1-2/h1-4H;1-2H3. The predicted molar refractivity (Wildman–Crippen MR) is 44.0 cm³/mol. The summed E-state index contributed by atoms with van der Waals surface area (Å²) >= 11 is 0. The topological polar surface area (TPSA) is 33.0 Å². The Bertz CT molecular complexity index is 250. The van der Waals surface area contributed by atoms with Crippen LogP contribution in [0.1, 0.15) is 13.8 Å². The third-order valence-electron chi connectivity index (χ3n) is 0.977. The van der Waals surface area contributed by atoms with E-state index in [1.165, 1.54) is 30.5 Å². The molecule has 3 heteroatoms.